The Kier molecular flexibility index (Phi) is 6.31. The number of nitrogens with two attached hydrogens (primary N) is 2. The Hall–Kier alpha value is -1.75. The maximum atomic E-state index is 13.1. The van der Waals surface area contributed by atoms with E-state index < -0.39 is 12.0 Å². The number of hydrogen-bond donors (Lipinski definition) is 2. The van der Waals surface area contributed by atoms with Gasteiger partial charge in [-0.1, -0.05) is 0 Å². The van der Waals surface area contributed by atoms with Gasteiger partial charge in [-0.15, -0.1) is 11.6 Å². The number of alkyl halides is 2. The summed E-state index contributed by atoms with van der Waals surface area (Å²) in [6.07, 6.45) is 2.10. The van der Waals surface area contributed by atoms with Crippen molar-refractivity contribution < 1.29 is 13.5 Å². The standard InChI is InChI=1S/C14H17ClF2N2O/c1-9(16)5-11(17)3-2-4-20-14-7-13(19)12(18)6-10(14)8-15/h2-3,5-7,9H,4,8,18-19H2,1H3/b3-2-,11-5+/t9-/m0/s1. The minimum Gasteiger partial charge on any atom is -0.489 e. The van der Waals surface area contributed by atoms with Gasteiger partial charge in [0.15, 0.2) is 0 Å². The zero-order valence-electron chi connectivity index (χ0n) is 11.1. The molecule has 0 aliphatic carbocycles. The van der Waals surface area contributed by atoms with Gasteiger partial charge in [0.2, 0.25) is 0 Å². The number of anilines is 2. The Balaban J connectivity index is 2.67. The summed E-state index contributed by atoms with van der Waals surface area (Å²) in [6.45, 7) is 1.35. The van der Waals surface area contributed by atoms with Crippen molar-refractivity contribution in [2.45, 2.75) is 19.0 Å². The quantitative estimate of drug-likeness (QED) is 0.478. The summed E-state index contributed by atoms with van der Waals surface area (Å²) < 4.78 is 31.0. The average Bonchev–Trinajstić information content (AvgIpc) is 2.37. The third-order valence-corrected chi connectivity index (χ3v) is 2.70. The molecule has 1 aromatic carbocycles. The van der Waals surface area contributed by atoms with Gasteiger partial charge in [-0.2, -0.15) is 0 Å². The molecule has 0 saturated carbocycles. The molecule has 0 aliphatic rings. The fourth-order valence-electron chi connectivity index (χ4n) is 1.47. The molecule has 6 heteroatoms. The predicted octanol–water partition coefficient (Wildman–Crippen LogP) is 3.74. The lowest BCUT2D eigenvalue weighted by Gasteiger charge is -2.11. The molecule has 0 heterocycles. The predicted molar refractivity (Wildman–Crippen MR) is 79.2 cm³/mol. The van der Waals surface area contributed by atoms with Gasteiger partial charge >= 0.3 is 0 Å². The molecule has 1 rings (SSSR count). The van der Waals surface area contributed by atoms with Crippen LogP contribution in [0.5, 0.6) is 5.75 Å². The van der Waals surface area contributed by atoms with Crippen LogP contribution < -0.4 is 16.2 Å². The zero-order valence-corrected chi connectivity index (χ0v) is 11.8. The van der Waals surface area contributed by atoms with Crippen LogP contribution in [-0.4, -0.2) is 12.8 Å². The number of benzene rings is 1. The Morgan fingerprint density at radius 2 is 2.05 bits per heavy atom. The normalized spacial score (nSPS) is 13.7. The molecule has 110 valence electrons. The van der Waals surface area contributed by atoms with Gasteiger partial charge in [-0.05, 0) is 31.2 Å². The number of ether oxygens (including phenoxy) is 1. The van der Waals surface area contributed by atoms with Crippen LogP contribution in [0.25, 0.3) is 0 Å². The first-order valence-electron chi connectivity index (χ1n) is 5.98. The van der Waals surface area contributed by atoms with Gasteiger partial charge in [-0.3, -0.25) is 0 Å². The van der Waals surface area contributed by atoms with Gasteiger partial charge in [0.05, 0.1) is 17.3 Å². The minimum atomic E-state index is -1.33. The molecule has 20 heavy (non-hydrogen) atoms. The van der Waals surface area contributed by atoms with E-state index in [2.05, 4.69) is 0 Å². The van der Waals surface area contributed by atoms with Crippen LogP contribution in [0.3, 0.4) is 0 Å². The van der Waals surface area contributed by atoms with Gasteiger partial charge in [0, 0.05) is 11.6 Å². The Labute approximate surface area is 121 Å². The Bertz CT molecular complexity index is 516. The lowest BCUT2D eigenvalue weighted by atomic mass is 10.1. The first kappa shape index (κ1) is 16.3. The SMILES string of the molecule is C[C@H](F)/C=C(F)\C=C/COc1cc(N)c(N)cc1CCl. The van der Waals surface area contributed by atoms with Crippen LogP contribution in [-0.2, 0) is 5.88 Å². The molecule has 1 atom stereocenters. The summed E-state index contributed by atoms with van der Waals surface area (Å²) in [4.78, 5) is 0. The zero-order chi connectivity index (χ0) is 15.1. The van der Waals surface area contributed by atoms with E-state index in [0.29, 0.717) is 22.7 Å². The van der Waals surface area contributed by atoms with Crippen molar-refractivity contribution in [1.29, 1.82) is 0 Å². The van der Waals surface area contributed by atoms with E-state index >= 15 is 0 Å². The smallest absolute Gasteiger partial charge is 0.126 e. The minimum absolute atomic E-state index is 0.106. The number of nitrogen functional groups attached to an aromatic ring is 2. The summed E-state index contributed by atoms with van der Waals surface area (Å²) in [7, 11) is 0. The molecule has 0 aliphatic heterocycles. The number of allylic oxidation sites excluding steroid dienone is 3. The highest BCUT2D eigenvalue weighted by molar-refractivity contribution is 6.17. The third-order valence-electron chi connectivity index (χ3n) is 2.41. The molecular weight excluding hydrogens is 286 g/mol. The van der Waals surface area contributed by atoms with Crippen molar-refractivity contribution in [1.82, 2.24) is 0 Å². The number of rotatable bonds is 6. The van der Waals surface area contributed by atoms with Crippen molar-refractivity contribution in [2.75, 3.05) is 18.1 Å². The highest BCUT2D eigenvalue weighted by atomic mass is 35.5. The van der Waals surface area contributed by atoms with Crippen LogP contribution >= 0.6 is 11.6 Å². The van der Waals surface area contributed by atoms with Crippen LogP contribution in [0.15, 0.2) is 36.2 Å². The summed E-state index contributed by atoms with van der Waals surface area (Å²) in [5, 5.41) is 0. The topological polar surface area (TPSA) is 61.3 Å². The second kappa shape index (κ2) is 7.75. The van der Waals surface area contributed by atoms with Gasteiger partial charge in [0.1, 0.15) is 24.4 Å². The van der Waals surface area contributed by atoms with E-state index in [-0.39, 0.29) is 12.5 Å². The molecule has 0 fully saturated rings. The molecule has 0 saturated heterocycles. The second-order valence-corrected chi connectivity index (χ2v) is 4.43. The van der Waals surface area contributed by atoms with Gasteiger partial charge in [-0.25, -0.2) is 8.78 Å². The molecule has 0 unspecified atom stereocenters. The van der Waals surface area contributed by atoms with E-state index in [0.717, 1.165) is 12.2 Å². The molecular formula is C14H17ClF2N2O. The fraction of sp³-hybridized carbons (Fsp3) is 0.286. The summed E-state index contributed by atoms with van der Waals surface area (Å²) >= 11 is 5.77. The lowest BCUT2D eigenvalue weighted by molar-refractivity contribution is 0.360. The highest BCUT2D eigenvalue weighted by Gasteiger charge is 2.06. The monoisotopic (exact) mass is 302 g/mol. The van der Waals surface area contributed by atoms with Crippen molar-refractivity contribution >= 4 is 23.0 Å². The maximum Gasteiger partial charge on any atom is 0.126 e. The Morgan fingerprint density at radius 1 is 1.40 bits per heavy atom. The van der Waals surface area contributed by atoms with Crippen molar-refractivity contribution in [3.63, 3.8) is 0 Å². The average molecular weight is 303 g/mol. The third kappa shape index (κ3) is 5.09. The molecule has 0 spiro atoms. The van der Waals surface area contributed by atoms with Crippen molar-refractivity contribution in [2.24, 2.45) is 0 Å². The van der Waals surface area contributed by atoms with Crippen molar-refractivity contribution in [3.8, 4) is 5.75 Å². The summed E-state index contributed by atoms with van der Waals surface area (Å²) in [6, 6.07) is 3.20. The van der Waals surface area contributed by atoms with E-state index in [9.17, 15) is 8.78 Å². The maximum absolute atomic E-state index is 13.1. The molecule has 0 amide bonds. The van der Waals surface area contributed by atoms with Crippen LogP contribution in [0.2, 0.25) is 0 Å². The van der Waals surface area contributed by atoms with E-state index in [4.69, 9.17) is 27.8 Å². The van der Waals surface area contributed by atoms with Gasteiger partial charge in [0.25, 0.3) is 0 Å². The molecule has 0 aromatic heterocycles. The largest absolute Gasteiger partial charge is 0.489 e. The molecule has 0 radical (unpaired) electrons. The highest BCUT2D eigenvalue weighted by Crippen LogP contribution is 2.28. The molecule has 4 N–H and O–H groups in total. The summed E-state index contributed by atoms with van der Waals surface area (Å²) in [5.41, 5.74) is 12.8. The number of hydrogen-bond acceptors (Lipinski definition) is 3. The van der Waals surface area contributed by atoms with E-state index in [1.807, 2.05) is 0 Å². The first-order valence-corrected chi connectivity index (χ1v) is 6.52. The lowest BCUT2D eigenvalue weighted by Crippen LogP contribution is -2.01. The van der Waals surface area contributed by atoms with Gasteiger partial charge < -0.3 is 16.2 Å². The van der Waals surface area contributed by atoms with E-state index in [1.54, 1.807) is 12.1 Å². The molecule has 1 aromatic rings. The van der Waals surface area contributed by atoms with E-state index in [1.165, 1.54) is 13.0 Å². The van der Waals surface area contributed by atoms with Crippen molar-refractivity contribution in [3.05, 3.63) is 41.8 Å². The summed E-state index contributed by atoms with van der Waals surface area (Å²) in [5.74, 6) is 0.0505. The molecule has 3 nitrogen and oxygen atoms in total. The first-order chi connectivity index (χ1) is 9.43. The Morgan fingerprint density at radius 3 is 2.65 bits per heavy atom. The fourth-order valence-corrected chi connectivity index (χ4v) is 1.68. The second-order valence-electron chi connectivity index (χ2n) is 4.16. The molecule has 0 bridgehead atoms. The van der Waals surface area contributed by atoms with Crippen LogP contribution in [0.1, 0.15) is 12.5 Å². The number of halogens is 3. The van der Waals surface area contributed by atoms with Crippen LogP contribution in [0.4, 0.5) is 20.2 Å². The van der Waals surface area contributed by atoms with Crippen LogP contribution in [0, 0.1) is 0 Å².